The highest BCUT2D eigenvalue weighted by atomic mass is 16.5. The molecule has 0 aliphatic heterocycles. The molecule has 0 aliphatic rings. The summed E-state index contributed by atoms with van der Waals surface area (Å²) in [4.78, 5) is 23.9. The molecule has 0 fully saturated rings. The molecule has 2 N–H and O–H groups in total. The molecule has 0 bridgehead atoms. The summed E-state index contributed by atoms with van der Waals surface area (Å²) in [5, 5.41) is 5.66. The topological polar surface area (TPSA) is 72.4 Å². The van der Waals surface area contributed by atoms with Crippen LogP contribution in [0.25, 0.3) is 0 Å². The number of hydrogen-bond donors (Lipinski definition) is 2. The molecule has 25 heavy (non-hydrogen) atoms. The Kier molecular flexibility index (Phi) is 6.62. The van der Waals surface area contributed by atoms with E-state index in [0.29, 0.717) is 18.0 Å². The van der Waals surface area contributed by atoms with E-state index in [4.69, 9.17) is 4.74 Å². The molecule has 0 unspecified atom stereocenters. The number of aromatic nitrogens is 1. The third-order valence-electron chi connectivity index (χ3n) is 3.83. The number of carbonyl (C=O) groups is 2. The van der Waals surface area contributed by atoms with E-state index in [9.17, 15) is 9.59 Å². The standard InChI is InChI=1S/C19H25N3O3/c1-4-25-18(23)17-12-16(13-22(17)3)21-19(24)20-14(2)10-11-15-8-6-5-7-9-15/h5-9,12-14H,4,10-11H2,1-3H3,(H2,20,21,24)/t14-/m1/s1. The Labute approximate surface area is 148 Å². The summed E-state index contributed by atoms with van der Waals surface area (Å²) in [5.41, 5.74) is 2.20. The van der Waals surface area contributed by atoms with Crippen molar-refractivity contribution in [1.82, 2.24) is 9.88 Å². The number of rotatable bonds is 7. The summed E-state index contributed by atoms with van der Waals surface area (Å²) in [6.45, 7) is 4.04. The molecule has 1 aromatic heterocycles. The van der Waals surface area contributed by atoms with Crippen LogP contribution in [-0.4, -0.2) is 29.2 Å². The smallest absolute Gasteiger partial charge is 0.355 e. The van der Waals surface area contributed by atoms with E-state index >= 15 is 0 Å². The number of urea groups is 1. The minimum absolute atomic E-state index is 0.0356. The van der Waals surface area contributed by atoms with E-state index in [1.807, 2.05) is 25.1 Å². The van der Waals surface area contributed by atoms with Crippen molar-refractivity contribution in [3.8, 4) is 0 Å². The predicted molar refractivity (Wildman–Crippen MR) is 97.7 cm³/mol. The fourth-order valence-corrected chi connectivity index (χ4v) is 2.53. The quantitative estimate of drug-likeness (QED) is 0.757. The molecular weight excluding hydrogens is 318 g/mol. The van der Waals surface area contributed by atoms with Crippen LogP contribution in [0.5, 0.6) is 0 Å². The summed E-state index contributed by atoms with van der Waals surface area (Å²) in [5.74, 6) is -0.408. The average Bonchev–Trinajstić information content (AvgIpc) is 2.94. The predicted octanol–water partition coefficient (Wildman–Crippen LogP) is 3.34. The van der Waals surface area contributed by atoms with Gasteiger partial charge < -0.3 is 19.9 Å². The highest BCUT2D eigenvalue weighted by Crippen LogP contribution is 2.14. The molecule has 6 nitrogen and oxygen atoms in total. The lowest BCUT2D eigenvalue weighted by molar-refractivity contribution is 0.0515. The van der Waals surface area contributed by atoms with Crippen LogP contribution in [0, 0.1) is 0 Å². The average molecular weight is 343 g/mol. The van der Waals surface area contributed by atoms with Gasteiger partial charge in [-0.1, -0.05) is 30.3 Å². The van der Waals surface area contributed by atoms with Crippen molar-refractivity contribution in [3.05, 3.63) is 53.9 Å². The number of aryl methyl sites for hydroxylation is 2. The Morgan fingerprint density at radius 3 is 2.64 bits per heavy atom. The number of carbonyl (C=O) groups excluding carboxylic acids is 2. The van der Waals surface area contributed by atoms with Crippen molar-refractivity contribution in [2.45, 2.75) is 32.7 Å². The number of benzene rings is 1. The van der Waals surface area contributed by atoms with E-state index in [1.165, 1.54) is 5.56 Å². The van der Waals surface area contributed by atoms with Crippen LogP contribution in [0.15, 0.2) is 42.6 Å². The molecule has 1 heterocycles. The van der Waals surface area contributed by atoms with Gasteiger partial charge in [-0.25, -0.2) is 9.59 Å². The number of nitrogens with one attached hydrogen (secondary N) is 2. The monoisotopic (exact) mass is 343 g/mol. The molecular formula is C19H25N3O3. The first kappa shape index (κ1) is 18.6. The van der Waals surface area contributed by atoms with Crippen LogP contribution in [-0.2, 0) is 18.2 Å². The second kappa shape index (κ2) is 8.92. The van der Waals surface area contributed by atoms with Crippen LogP contribution in [0.2, 0.25) is 0 Å². The van der Waals surface area contributed by atoms with Gasteiger partial charge in [0.2, 0.25) is 0 Å². The lowest BCUT2D eigenvalue weighted by Crippen LogP contribution is -2.36. The Morgan fingerprint density at radius 1 is 1.24 bits per heavy atom. The van der Waals surface area contributed by atoms with E-state index < -0.39 is 5.97 Å². The van der Waals surface area contributed by atoms with Crippen LogP contribution >= 0.6 is 0 Å². The Hall–Kier alpha value is -2.76. The molecule has 0 radical (unpaired) electrons. The van der Waals surface area contributed by atoms with Crippen LogP contribution in [0.1, 0.15) is 36.3 Å². The van der Waals surface area contributed by atoms with Crippen LogP contribution < -0.4 is 10.6 Å². The van der Waals surface area contributed by atoms with Crippen LogP contribution in [0.4, 0.5) is 10.5 Å². The van der Waals surface area contributed by atoms with Gasteiger partial charge in [0.25, 0.3) is 0 Å². The van der Waals surface area contributed by atoms with Gasteiger partial charge in [-0.3, -0.25) is 0 Å². The third-order valence-corrected chi connectivity index (χ3v) is 3.83. The number of hydrogen-bond acceptors (Lipinski definition) is 3. The van der Waals surface area contributed by atoms with Gasteiger partial charge in [0.1, 0.15) is 5.69 Å². The van der Waals surface area contributed by atoms with E-state index in [-0.39, 0.29) is 12.1 Å². The zero-order chi connectivity index (χ0) is 18.2. The highest BCUT2D eigenvalue weighted by molar-refractivity contribution is 5.93. The Bertz CT molecular complexity index is 710. The number of anilines is 1. The van der Waals surface area contributed by atoms with Gasteiger partial charge in [-0.15, -0.1) is 0 Å². The number of esters is 1. The second-order valence-electron chi connectivity index (χ2n) is 5.97. The number of ether oxygens (including phenoxy) is 1. The minimum atomic E-state index is -0.408. The maximum atomic E-state index is 12.1. The molecule has 1 atom stereocenters. The van der Waals surface area contributed by atoms with Crippen molar-refractivity contribution in [3.63, 3.8) is 0 Å². The first-order valence-electron chi connectivity index (χ1n) is 8.44. The van der Waals surface area contributed by atoms with Crippen molar-refractivity contribution in [2.24, 2.45) is 7.05 Å². The molecule has 2 aromatic rings. The van der Waals surface area contributed by atoms with Gasteiger partial charge in [0.15, 0.2) is 0 Å². The van der Waals surface area contributed by atoms with Crippen LogP contribution in [0.3, 0.4) is 0 Å². The lowest BCUT2D eigenvalue weighted by Gasteiger charge is -2.14. The molecule has 0 spiro atoms. The fraction of sp³-hybridized carbons (Fsp3) is 0.368. The molecule has 0 aliphatic carbocycles. The first-order valence-corrected chi connectivity index (χ1v) is 8.44. The summed E-state index contributed by atoms with van der Waals surface area (Å²) < 4.78 is 6.61. The van der Waals surface area contributed by atoms with Crippen molar-refractivity contribution in [2.75, 3.05) is 11.9 Å². The van der Waals surface area contributed by atoms with Gasteiger partial charge in [0, 0.05) is 19.3 Å². The fourth-order valence-electron chi connectivity index (χ4n) is 2.53. The first-order chi connectivity index (χ1) is 12.0. The summed E-state index contributed by atoms with van der Waals surface area (Å²) >= 11 is 0. The maximum Gasteiger partial charge on any atom is 0.355 e. The van der Waals surface area contributed by atoms with Gasteiger partial charge >= 0.3 is 12.0 Å². The Balaban J connectivity index is 1.83. The molecule has 0 saturated carbocycles. The van der Waals surface area contributed by atoms with E-state index in [1.54, 1.807) is 30.8 Å². The summed E-state index contributed by atoms with van der Waals surface area (Å²) in [7, 11) is 1.73. The minimum Gasteiger partial charge on any atom is -0.461 e. The third kappa shape index (κ3) is 5.67. The Morgan fingerprint density at radius 2 is 1.96 bits per heavy atom. The number of nitrogens with zero attached hydrogens (tertiary/aromatic N) is 1. The highest BCUT2D eigenvalue weighted by Gasteiger charge is 2.14. The van der Waals surface area contributed by atoms with Gasteiger partial charge in [-0.2, -0.15) is 0 Å². The van der Waals surface area contributed by atoms with Crippen molar-refractivity contribution < 1.29 is 14.3 Å². The lowest BCUT2D eigenvalue weighted by atomic mass is 10.1. The molecule has 2 amide bonds. The largest absolute Gasteiger partial charge is 0.461 e. The zero-order valence-corrected chi connectivity index (χ0v) is 14.9. The van der Waals surface area contributed by atoms with E-state index in [2.05, 4.69) is 22.8 Å². The molecule has 0 saturated heterocycles. The number of amides is 2. The van der Waals surface area contributed by atoms with Gasteiger partial charge in [0.05, 0.1) is 12.3 Å². The second-order valence-corrected chi connectivity index (χ2v) is 5.97. The van der Waals surface area contributed by atoms with Gasteiger partial charge in [-0.05, 0) is 38.3 Å². The van der Waals surface area contributed by atoms with Crippen molar-refractivity contribution in [1.29, 1.82) is 0 Å². The summed E-state index contributed by atoms with van der Waals surface area (Å²) in [6.07, 6.45) is 3.43. The molecule has 134 valence electrons. The maximum absolute atomic E-state index is 12.1. The van der Waals surface area contributed by atoms with Crippen molar-refractivity contribution >= 4 is 17.7 Å². The molecule has 1 aromatic carbocycles. The zero-order valence-electron chi connectivity index (χ0n) is 14.9. The van der Waals surface area contributed by atoms with E-state index in [0.717, 1.165) is 12.8 Å². The summed E-state index contributed by atoms with van der Waals surface area (Å²) in [6, 6.07) is 11.5. The molecule has 6 heteroatoms. The molecule has 2 rings (SSSR count). The SMILES string of the molecule is CCOC(=O)c1cc(NC(=O)N[C@H](C)CCc2ccccc2)cn1C. The normalized spacial score (nSPS) is 11.6.